The van der Waals surface area contributed by atoms with Crippen LogP contribution >= 0.6 is 0 Å². The summed E-state index contributed by atoms with van der Waals surface area (Å²) in [7, 11) is 3.73. The van der Waals surface area contributed by atoms with E-state index in [0.29, 0.717) is 6.42 Å². The SMILES string of the molecule is CN(C)C#CCCO. The first-order chi connectivity index (χ1) is 3.77. The van der Waals surface area contributed by atoms with Crippen LogP contribution in [0.15, 0.2) is 0 Å². The van der Waals surface area contributed by atoms with Crippen molar-refractivity contribution in [3.8, 4) is 12.0 Å². The maximum atomic E-state index is 8.26. The molecule has 0 spiro atoms. The second kappa shape index (κ2) is 4.48. The molecule has 2 heteroatoms. The minimum Gasteiger partial charge on any atom is -0.395 e. The fourth-order valence-electron chi connectivity index (χ4n) is 0.270. The van der Waals surface area contributed by atoms with Gasteiger partial charge in [0.05, 0.1) is 6.61 Å². The van der Waals surface area contributed by atoms with Gasteiger partial charge in [-0.1, -0.05) is 5.92 Å². The van der Waals surface area contributed by atoms with E-state index in [1.54, 1.807) is 4.90 Å². The van der Waals surface area contributed by atoms with Crippen LogP contribution in [-0.2, 0) is 0 Å². The molecule has 0 saturated heterocycles. The monoisotopic (exact) mass is 113 g/mol. The van der Waals surface area contributed by atoms with E-state index in [0.717, 1.165) is 0 Å². The number of hydrogen-bond acceptors (Lipinski definition) is 2. The van der Waals surface area contributed by atoms with Gasteiger partial charge in [0.25, 0.3) is 0 Å². The van der Waals surface area contributed by atoms with Crippen molar-refractivity contribution in [3.05, 3.63) is 0 Å². The minimum absolute atomic E-state index is 0.154. The van der Waals surface area contributed by atoms with Crippen molar-refractivity contribution in [3.63, 3.8) is 0 Å². The predicted molar refractivity (Wildman–Crippen MR) is 33.2 cm³/mol. The molecule has 0 fully saturated rings. The molecule has 0 aliphatic rings. The first-order valence-corrected chi connectivity index (χ1v) is 2.54. The summed E-state index contributed by atoms with van der Waals surface area (Å²) in [5.41, 5.74) is 0. The third-order valence-corrected chi connectivity index (χ3v) is 0.539. The molecule has 0 bridgehead atoms. The van der Waals surface area contributed by atoms with Gasteiger partial charge in [-0.2, -0.15) is 0 Å². The topological polar surface area (TPSA) is 23.5 Å². The van der Waals surface area contributed by atoms with Gasteiger partial charge < -0.3 is 10.0 Å². The van der Waals surface area contributed by atoms with Crippen molar-refractivity contribution in [2.45, 2.75) is 6.42 Å². The van der Waals surface area contributed by atoms with E-state index in [2.05, 4.69) is 12.0 Å². The predicted octanol–water partition coefficient (Wildman–Crippen LogP) is -0.109. The van der Waals surface area contributed by atoms with Gasteiger partial charge in [0, 0.05) is 26.6 Å². The Balaban J connectivity index is 3.20. The Morgan fingerprint density at radius 2 is 2.12 bits per heavy atom. The molecule has 0 heterocycles. The van der Waals surface area contributed by atoms with Gasteiger partial charge in [0.15, 0.2) is 0 Å². The van der Waals surface area contributed by atoms with Gasteiger partial charge in [0.2, 0.25) is 0 Å². The molecular formula is C6H11NO. The highest BCUT2D eigenvalue weighted by Gasteiger charge is 1.72. The van der Waals surface area contributed by atoms with Gasteiger partial charge in [0.1, 0.15) is 0 Å². The average molecular weight is 113 g/mol. The van der Waals surface area contributed by atoms with Crippen LogP contribution in [-0.4, -0.2) is 30.7 Å². The van der Waals surface area contributed by atoms with E-state index >= 15 is 0 Å². The fraction of sp³-hybridized carbons (Fsp3) is 0.667. The third kappa shape index (κ3) is 5.32. The number of aliphatic hydroxyl groups is 1. The van der Waals surface area contributed by atoms with Gasteiger partial charge in [-0.25, -0.2) is 0 Å². The molecule has 8 heavy (non-hydrogen) atoms. The first-order valence-electron chi connectivity index (χ1n) is 2.54. The molecule has 0 saturated carbocycles. The highest BCUT2D eigenvalue weighted by Crippen LogP contribution is 1.70. The summed E-state index contributed by atoms with van der Waals surface area (Å²) in [6.07, 6.45) is 0.568. The molecule has 0 rings (SSSR count). The van der Waals surface area contributed by atoms with Crippen molar-refractivity contribution in [2.24, 2.45) is 0 Å². The Kier molecular flexibility index (Phi) is 4.10. The van der Waals surface area contributed by atoms with E-state index in [1.165, 1.54) is 0 Å². The zero-order valence-corrected chi connectivity index (χ0v) is 5.31. The lowest BCUT2D eigenvalue weighted by atomic mass is 10.5. The van der Waals surface area contributed by atoms with Crippen molar-refractivity contribution >= 4 is 0 Å². The van der Waals surface area contributed by atoms with E-state index in [1.807, 2.05) is 14.1 Å². The summed E-state index contributed by atoms with van der Waals surface area (Å²) in [5.74, 6) is 2.76. The molecule has 0 aromatic heterocycles. The largest absolute Gasteiger partial charge is 0.395 e. The summed E-state index contributed by atoms with van der Waals surface area (Å²) in [6, 6.07) is 2.77. The quantitative estimate of drug-likeness (QED) is 0.379. The van der Waals surface area contributed by atoms with Crippen LogP contribution in [0.5, 0.6) is 0 Å². The van der Waals surface area contributed by atoms with Crippen LogP contribution in [0, 0.1) is 12.0 Å². The Bertz CT molecular complexity index is 98.8. The number of aliphatic hydroxyl groups excluding tert-OH is 1. The molecule has 0 unspecified atom stereocenters. The van der Waals surface area contributed by atoms with Crippen LogP contribution in [0.25, 0.3) is 0 Å². The van der Waals surface area contributed by atoms with Crippen LogP contribution in [0.1, 0.15) is 6.42 Å². The van der Waals surface area contributed by atoms with Gasteiger partial charge in [-0.3, -0.25) is 0 Å². The van der Waals surface area contributed by atoms with Gasteiger partial charge >= 0.3 is 0 Å². The van der Waals surface area contributed by atoms with Crippen LogP contribution in [0.4, 0.5) is 0 Å². The molecule has 1 N–H and O–H groups in total. The molecule has 0 aromatic rings. The second-order valence-corrected chi connectivity index (χ2v) is 1.66. The summed E-state index contributed by atoms with van der Waals surface area (Å²) in [4.78, 5) is 1.76. The smallest absolute Gasteiger partial charge is 0.0541 e. The molecular weight excluding hydrogens is 102 g/mol. The van der Waals surface area contributed by atoms with Crippen molar-refractivity contribution in [2.75, 3.05) is 20.7 Å². The second-order valence-electron chi connectivity index (χ2n) is 1.66. The van der Waals surface area contributed by atoms with E-state index in [4.69, 9.17) is 5.11 Å². The Labute approximate surface area is 50.1 Å². The van der Waals surface area contributed by atoms with Crippen molar-refractivity contribution < 1.29 is 5.11 Å². The number of hydrogen-bond donors (Lipinski definition) is 1. The maximum Gasteiger partial charge on any atom is 0.0541 e. The highest BCUT2D eigenvalue weighted by atomic mass is 16.2. The van der Waals surface area contributed by atoms with E-state index < -0.39 is 0 Å². The van der Waals surface area contributed by atoms with Crippen LogP contribution < -0.4 is 0 Å². The summed E-state index contributed by atoms with van der Waals surface area (Å²) >= 11 is 0. The molecule has 0 aliphatic carbocycles. The Morgan fingerprint density at radius 1 is 1.50 bits per heavy atom. The lowest BCUT2D eigenvalue weighted by Gasteiger charge is -1.96. The molecule has 0 amide bonds. The first kappa shape index (κ1) is 7.32. The minimum atomic E-state index is 0.154. The lowest BCUT2D eigenvalue weighted by molar-refractivity contribution is 0.305. The summed E-state index contributed by atoms with van der Waals surface area (Å²) in [5, 5.41) is 8.26. The van der Waals surface area contributed by atoms with E-state index in [-0.39, 0.29) is 6.61 Å². The Morgan fingerprint density at radius 3 is 2.50 bits per heavy atom. The van der Waals surface area contributed by atoms with Crippen LogP contribution in [0.2, 0.25) is 0 Å². The number of rotatable bonds is 1. The molecule has 2 nitrogen and oxygen atoms in total. The van der Waals surface area contributed by atoms with Crippen molar-refractivity contribution in [1.82, 2.24) is 4.90 Å². The van der Waals surface area contributed by atoms with Gasteiger partial charge in [-0.05, 0) is 0 Å². The zero-order valence-electron chi connectivity index (χ0n) is 5.31. The molecule has 0 aromatic carbocycles. The number of nitrogens with zero attached hydrogens (tertiary/aromatic N) is 1. The molecule has 0 aliphatic heterocycles. The summed E-state index contributed by atoms with van der Waals surface area (Å²) < 4.78 is 0. The summed E-state index contributed by atoms with van der Waals surface area (Å²) in [6.45, 7) is 0.154. The lowest BCUT2D eigenvalue weighted by Crippen LogP contribution is -2.00. The average Bonchev–Trinajstić information content (AvgIpc) is 1.66. The molecule has 0 radical (unpaired) electrons. The van der Waals surface area contributed by atoms with Crippen LogP contribution in [0.3, 0.4) is 0 Å². The third-order valence-electron chi connectivity index (χ3n) is 0.539. The van der Waals surface area contributed by atoms with Gasteiger partial charge in [-0.15, -0.1) is 0 Å². The maximum absolute atomic E-state index is 8.26. The molecule has 0 atom stereocenters. The zero-order chi connectivity index (χ0) is 6.41. The van der Waals surface area contributed by atoms with Crippen molar-refractivity contribution in [1.29, 1.82) is 0 Å². The normalized spacial score (nSPS) is 7.38. The Hall–Kier alpha value is -0.680. The fourth-order valence-corrected chi connectivity index (χ4v) is 0.270. The van der Waals surface area contributed by atoms with E-state index in [9.17, 15) is 0 Å². The highest BCUT2D eigenvalue weighted by molar-refractivity contribution is 4.95. The standard InChI is InChI=1S/C6H11NO/c1-7(2)5-3-4-6-8/h8H,4,6H2,1-2H3. The molecule has 46 valence electrons.